The lowest BCUT2D eigenvalue weighted by Gasteiger charge is -2.26. The van der Waals surface area contributed by atoms with Gasteiger partial charge in [-0.3, -0.25) is 0 Å². The van der Waals surface area contributed by atoms with Crippen molar-refractivity contribution in [1.82, 2.24) is 5.32 Å². The first-order valence-electron chi connectivity index (χ1n) is 7.77. The summed E-state index contributed by atoms with van der Waals surface area (Å²) in [7, 11) is 1.52. The van der Waals surface area contributed by atoms with E-state index in [1.54, 1.807) is 6.07 Å². The Bertz CT molecular complexity index is 466. The van der Waals surface area contributed by atoms with Gasteiger partial charge in [0.15, 0.2) is 11.6 Å². The van der Waals surface area contributed by atoms with Gasteiger partial charge in [-0.25, -0.2) is 4.39 Å². The van der Waals surface area contributed by atoms with Gasteiger partial charge in [0.25, 0.3) is 0 Å². The van der Waals surface area contributed by atoms with Crippen molar-refractivity contribution in [3.8, 4) is 5.75 Å². The van der Waals surface area contributed by atoms with E-state index in [2.05, 4.69) is 12.2 Å². The third-order valence-electron chi connectivity index (χ3n) is 5.02. The third kappa shape index (κ3) is 2.69. The number of likely N-dealkylation sites (N-methyl/N-ethyl adjacent to an activating group) is 1. The molecule has 2 aliphatic rings. The summed E-state index contributed by atoms with van der Waals surface area (Å²) in [5, 5.41) is 3.57. The van der Waals surface area contributed by atoms with Crippen LogP contribution in [0.1, 0.15) is 31.7 Å². The molecule has 1 aromatic carbocycles. The van der Waals surface area contributed by atoms with E-state index in [0.29, 0.717) is 17.7 Å². The van der Waals surface area contributed by atoms with E-state index in [-0.39, 0.29) is 5.82 Å². The topological polar surface area (TPSA) is 21.3 Å². The third-order valence-corrected chi connectivity index (χ3v) is 5.02. The average Bonchev–Trinajstić information content (AvgIpc) is 3.07. The molecule has 3 rings (SSSR count). The molecule has 20 heavy (non-hydrogen) atoms. The molecule has 0 bridgehead atoms. The van der Waals surface area contributed by atoms with Crippen molar-refractivity contribution < 1.29 is 9.13 Å². The van der Waals surface area contributed by atoms with Crippen molar-refractivity contribution in [2.75, 3.05) is 13.7 Å². The predicted molar refractivity (Wildman–Crippen MR) is 78.4 cm³/mol. The molecule has 3 unspecified atom stereocenters. The van der Waals surface area contributed by atoms with E-state index in [0.717, 1.165) is 30.4 Å². The Hall–Kier alpha value is -1.09. The molecule has 0 saturated heterocycles. The summed E-state index contributed by atoms with van der Waals surface area (Å²) in [5.41, 5.74) is 0.774. The lowest BCUT2D eigenvalue weighted by molar-refractivity contribution is 0.331. The minimum Gasteiger partial charge on any atom is -0.494 e. The standard InChI is InChI=1S/C17H24FNO/c1-3-19-15(14-8-12-7-13(12)9-14)10-11-5-4-6-16(20-2)17(11)18/h4-6,12-15,19H,3,7-10H2,1-2H3. The van der Waals surface area contributed by atoms with Gasteiger partial charge < -0.3 is 10.1 Å². The summed E-state index contributed by atoms with van der Waals surface area (Å²) in [6.07, 6.45) is 4.85. The summed E-state index contributed by atoms with van der Waals surface area (Å²) < 4.78 is 19.4. The minimum absolute atomic E-state index is 0.193. The van der Waals surface area contributed by atoms with Crippen LogP contribution in [-0.4, -0.2) is 19.7 Å². The molecule has 0 radical (unpaired) electrons. The van der Waals surface area contributed by atoms with Crippen LogP contribution in [-0.2, 0) is 6.42 Å². The normalized spacial score (nSPS) is 29.1. The Morgan fingerprint density at radius 2 is 2.05 bits per heavy atom. The fourth-order valence-corrected chi connectivity index (χ4v) is 3.87. The van der Waals surface area contributed by atoms with Gasteiger partial charge in [0.1, 0.15) is 0 Å². The van der Waals surface area contributed by atoms with Crippen LogP contribution in [0.3, 0.4) is 0 Å². The van der Waals surface area contributed by atoms with Crippen molar-refractivity contribution >= 4 is 0 Å². The van der Waals surface area contributed by atoms with Crippen LogP contribution >= 0.6 is 0 Å². The lowest BCUT2D eigenvalue weighted by atomic mass is 9.89. The van der Waals surface area contributed by atoms with E-state index >= 15 is 0 Å². The molecule has 2 aliphatic carbocycles. The number of halogens is 1. The van der Waals surface area contributed by atoms with Gasteiger partial charge in [-0.1, -0.05) is 19.1 Å². The monoisotopic (exact) mass is 277 g/mol. The molecule has 110 valence electrons. The zero-order valence-corrected chi connectivity index (χ0v) is 12.4. The van der Waals surface area contributed by atoms with Crippen molar-refractivity contribution in [3.05, 3.63) is 29.6 Å². The summed E-state index contributed by atoms with van der Waals surface area (Å²) in [6, 6.07) is 5.85. The Labute approximate surface area is 120 Å². The van der Waals surface area contributed by atoms with Gasteiger partial charge in [-0.15, -0.1) is 0 Å². The molecule has 0 aromatic heterocycles. The number of ether oxygens (including phenoxy) is 1. The molecular formula is C17H24FNO. The minimum atomic E-state index is -0.193. The molecule has 1 aromatic rings. The highest BCUT2D eigenvalue weighted by molar-refractivity contribution is 5.31. The largest absolute Gasteiger partial charge is 0.494 e. The first-order valence-corrected chi connectivity index (χ1v) is 7.77. The van der Waals surface area contributed by atoms with E-state index in [4.69, 9.17) is 4.74 Å². The van der Waals surface area contributed by atoms with Gasteiger partial charge in [0.05, 0.1) is 7.11 Å². The summed E-state index contributed by atoms with van der Waals surface area (Å²) >= 11 is 0. The van der Waals surface area contributed by atoms with Gasteiger partial charge in [0.2, 0.25) is 0 Å². The maximum Gasteiger partial charge on any atom is 0.168 e. The summed E-state index contributed by atoms with van der Waals surface area (Å²) in [6.45, 7) is 3.08. The summed E-state index contributed by atoms with van der Waals surface area (Å²) in [5.74, 6) is 2.81. The van der Waals surface area contributed by atoms with Crippen molar-refractivity contribution in [2.24, 2.45) is 17.8 Å². The zero-order chi connectivity index (χ0) is 14.1. The molecule has 3 atom stereocenters. The highest BCUT2D eigenvalue weighted by Gasteiger charge is 2.47. The van der Waals surface area contributed by atoms with E-state index in [9.17, 15) is 4.39 Å². The first kappa shape index (κ1) is 13.9. The number of benzene rings is 1. The fourth-order valence-electron chi connectivity index (χ4n) is 3.87. The Balaban J connectivity index is 1.72. The van der Waals surface area contributed by atoms with Crippen molar-refractivity contribution in [1.29, 1.82) is 0 Å². The van der Waals surface area contributed by atoms with E-state index in [1.165, 1.54) is 26.4 Å². The smallest absolute Gasteiger partial charge is 0.168 e. The van der Waals surface area contributed by atoms with E-state index < -0.39 is 0 Å². The predicted octanol–water partition coefficient (Wildman–Crippen LogP) is 3.40. The van der Waals surface area contributed by atoms with Crippen LogP contribution < -0.4 is 10.1 Å². The Kier molecular flexibility index (Phi) is 3.97. The second-order valence-electron chi connectivity index (χ2n) is 6.29. The molecule has 2 fully saturated rings. The number of fused-ring (bicyclic) bond motifs is 1. The van der Waals surface area contributed by atoms with Crippen LogP contribution in [0.5, 0.6) is 5.75 Å². The highest BCUT2D eigenvalue weighted by Crippen LogP contribution is 2.55. The number of hydrogen-bond donors (Lipinski definition) is 1. The maximum absolute atomic E-state index is 14.3. The summed E-state index contributed by atoms with van der Waals surface area (Å²) in [4.78, 5) is 0. The van der Waals surface area contributed by atoms with Crippen molar-refractivity contribution in [3.63, 3.8) is 0 Å². The second-order valence-corrected chi connectivity index (χ2v) is 6.29. The van der Waals surface area contributed by atoms with Crippen molar-refractivity contribution in [2.45, 2.75) is 38.6 Å². The lowest BCUT2D eigenvalue weighted by Crippen LogP contribution is -2.37. The fraction of sp³-hybridized carbons (Fsp3) is 0.647. The number of hydrogen-bond acceptors (Lipinski definition) is 2. The number of rotatable bonds is 6. The molecule has 0 heterocycles. The van der Waals surface area contributed by atoms with E-state index in [1.807, 2.05) is 12.1 Å². The molecule has 2 saturated carbocycles. The first-order chi connectivity index (χ1) is 9.72. The van der Waals surface area contributed by atoms with Gasteiger partial charge in [-0.2, -0.15) is 0 Å². The number of methoxy groups -OCH3 is 1. The van der Waals surface area contributed by atoms with Gasteiger partial charge in [-0.05, 0) is 61.6 Å². The van der Waals surface area contributed by atoms with Crippen LogP contribution in [0.4, 0.5) is 4.39 Å². The SMILES string of the molecule is CCNC(Cc1cccc(OC)c1F)C1CC2CC2C1. The van der Waals surface area contributed by atoms with Crippen LogP contribution in [0.15, 0.2) is 18.2 Å². The molecule has 2 nitrogen and oxygen atoms in total. The highest BCUT2D eigenvalue weighted by atomic mass is 19.1. The molecular weight excluding hydrogens is 253 g/mol. The van der Waals surface area contributed by atoms with Gasteiger partial charge >= 0.3 is 0 Å². The second kappa shape index (κ2) is 5.72. The van der Waals surface area contributed by atoms with Crippen LogP contribution in [0.2, 0.25) is 0 Å². The zero-order valence-electron chi connectivity index (χ0n) is 12.4. The van der Waals surface area contributed by atoms with Gasteiger partial charge in [0, 0.05) is 6.04 Å². The molecule has 3 heteroatoms. The maximum atomic E-state index is 14.3. The van der Waals surface area contributed by atoms with Crippen LogP contribution in [0, 0.1) is 23.6 Å². The quantitative estimate of drug-likeness (QED) is 0.860. The van der Waals surface area contributed by atoms with Crippen LogP contribution in [0.25, 0.3) is 0 Å². The molecule has 0 spiro atoms. The molecule has 1 N–H and O–H groups in total. The number of nitrogens with one attached hydrogen (secondary N) is 1. The molecule has 0 amide bonds. The molecule has 0 aliphatic heterocycles. The Morgan fingerprint density at radius 1 is 1.30 bits per heavy atom. The average molecular weight is 277 g/mol. The Morgan fingerprint density at radius 3 is 2.70 bits per heavy atom.